The van der Waals surface area contributed by atoms with Crippen molar-refractivity contribution in [1.82, 2.24) is 4.98 Å². The van der Waals surface area contributed by atoms with Crippen molar-refractivity contribution in [1.29, 1.82) is 0 Å². The van der Waals surface area contributed by atoms with Crippen LogP contribution >= 0.6 is 27.7 Å². The van der Waals surface area contributed by atoms with E-state index in [0.29, 0.717) is 0 Å². The van der Waals surface area contributed by atoms with Gasteiger partial charge in [-0.3, -0.25) is 4.90 Å². The van der Waals surface area contributed by atoms with E-state index in [4.69, 9.17) is 4.98 Å². The van der Waals surface area contributed by atoms with E-state index in [1.165, 1.54) is 37.6 Å². The largest absolute Gasteiger partial charge is 0.294 e. The summed E-state index contributed by atoms with van der Waals surface area (Å²) in [5.41, 5.74) is 8.51. The van der Waals surface area contributed by atoms with Gasteiger partial charge < -0.3 is 0 Å². The first-order chi connectivity index (χ1) is 17.9. The first-order valence-corrected chi connectivity index (χ1v) is 14.0. The Balaban J connectivity index is 1.63. The van der Waals surface area contributed by atoms with Gasteiger partial charge in [0.25, 0.3) is 0 Å². The van der Waals surface area contributed by atoms with E-state index in [1.54, 1.807) is 11.8 Å². The molecular weight excluding hydrogens is 536 g/mol. The van der Waals surface area contributed by atoms with Crippen molar-refractivity contribution in [2.24, 2.45) is 0 Å². The second-order valence-electron chi connectivity index (χ2n) is 10.3. The minimum atomic E-state index is 0.0257. The minimum absolute atomic E-state index is 0.0257. The molecular formula is C33H27BrN2S. The summed E-state index contributed by atoms with van der Waals surface area (Å²) in [5, 5.41) is 0. The third-order valence-electron chi connectivity index (χ3n) is 6.73. The van der Waals surface area contributed by atoms with Crippen molar-refractivity contribution >= 4 is 44.9 Å². The van der Waals surface area contributed by atoms with Gasteiger partial charge in [0.05, 0.1) is 11.4 Å². The zero-order valence-corrected chi connectivity index (χ0v) is 23.5. The smallest absolute Gasteiger partial charge is 0.137 e. The fourth-order valence-electron chi connectivity index (χ4n) is 4.88. The molecule has 0 unspecified atom stereocenters. The van der Waals surface area contributed by atoms with Crippen LogP contribution in [0.15, 0.2) is 124 Å². The van der Waals surface area contributed by atoms with Crippen molar-refractivity contribution in [3.8, 4) is 22.3 Å². The average Bonchev–Trinajstić information content (AvgIpc) is 3.01. The monoisotopic (exact) mass is 562 g/mol. The number of hydrogen-bond acceptors (Lipinski definition) is 3. The molecule has 4 heteroatoms. The van der Waals surface area contributed by atoms with Gasteiger partial charge in [0.15, 0.2) is 0 Å². The molecule has 1 aliphatic heterocycles. The second kappa shape index (κ2) is 9.51. The first-order valence-electron chi connectivity index (χ1n) is 12.4. The predicted octanol–water partition coefficient (Wildman–Crippen LogP) is 10.4. The Labute approximate surface area is 231 Å². The lowest BCUT2D eigenvalue weighted by Gasteiger charge is -2.29. The molecule has 182 valence electrons. The lowest BCUT2D eigenvalue weighted by molar-refractivity contribution is 0.590. The van der Waals surface area contributed by atoms with Gasteiger partial charge in [0.1, 0.15) is 5.82 Å². The molecule has 0 radical (unpaired) electrons. The van der Waals surface area contributed by atoms with E-state index >= 15 is 0 Å². The quantitative estimate of drug-likeness (QED) is 0.213. The lowest BCUT2D eigenvalue weighted by atomic mass is 9.85. The normalized spacial score (nSPS) is 12.4. The molecule has 4 aromatic carbocycles. The predicted molar refractivity (Wildman–Crippen MR) is 160 cm³/mol. The van der Waals surface area contributed by atoms with Crippen LogP contribution < -0.4 is 4.90 Å². The second-order valence-corrected chi connectivity index (χ2v) is 12.4. The molecule has 2 nitrogen and oxygen atoms in total. The highest BCUT2D eigenvalue weighted by Gasteiger charge is 2.28. The Morgan fingerprint density at radius 3 is 2.00 bits per heavy atom. The molecule has 0 spiro atoms. The van der Waals surface area contributed by atoms with Crippen LogP contribution in [0.4, 0.5) is 17.2 Å². The van der Waals surface area contributed by atoms with Gasteiger partial charge in [0, 0.05) is 31.6 Å². The molecule has 0 aliphatic carbocycles. The van der Waals surface area contributed by atoms with Gasteiger partial charge >= 0.3 is 0 Å². The number of nitrogens with zero attached hydrogens (tertiary/aromatic N) is 2. The highest BCUT2D eigenvalue weighted by atomic mass is 79.9. The topological polar surface area (TPSA) is 16.1 Å². The van der Waals surface area contributed by atoms with Crippen LogP contribution in [0, 0.1) is 0 Å². The first kappa shape index (κ1) is 24.0. The third kappa shape index (κ3) is 4.60. The van der Waals surface area contributed by atoms with Crippen molar-refractivity contribution in [3.63, 3.8) is 0 Å². The summed E-state index contributed by atoms with van der Waals surface area (Å²) < 4.78 is 1.08. The summed E-state index contributed by atoms with van der Waals surface area (Å²) >= 11 is 5.39. The Hall–Kier alpha value is -3.34. The average molecular weight is 564 g/mol. The molecule has 0 atom stereocenters. The lowest BCUT2D eigenvalue weighted by Crippen LogP contribution is -2.16. The maximum absolute atomic E-state index is 4.83. The molecule has 0 saturated heterocycles. The van der Waals surface area contributed by atoms with Crippen LogP contribution in [0.1, 0.15) is 26.3 Å². The van der Waals surface area contributed by atoms with Gasteiger partial charge in [-0.15, -0.1) is 0 Å². The van der Waals surface area contributed by atoms with Crippen LogP contribution in [0.3, 0.4) is 0 Å². The Bertz CT molecular complexity index is 1610. The summed E-state index contributed by atoms with van der Waals surface area (Å²) in [5.74, 6) is 0.911. The molecule has 0 fully saturated rings. The Morgan fingerprint density at radius 1 is 0.649 bits per heavy atom. The highest BCUT2D eigenvalue weighted by molar-refractivity contribution is 9.10. The summed E-state index contributed by atoms with van der Waals surface area (Å²) in [7, 11) is 0. The number of rotatable bonds is 3. The fraction of sp³-hybridized carbons (Fsp3) is 0.121. The molecule has 0 N–H and O–H groups in total. The van der Waals surface area contributed by atoms with E-state index in [-0.39, 0.29) is 5.41 Å². The number of aromatic nitrogens is 1. The van der Waals surface area contributed by atoms with Gasteiger partial charge in [-0.05, 0) is 70.6 Å². The van der Waals surface area contributed by atoms with Crippen LogP contribution in [-0.2, 0) is 5.41 Å². The number of pyridine rings is 1. The van der Waals surface area contributed by atoms with E-state index in [1.807, 2.05) is 12.3 Å². The number of anilines is 3. The minimum Gasteiger partial charge on any atom is -0.294 e. The standard InChI is InChI=1S/C33H27BrN2S/c1-33(2,3)22-14-16-28-26-11-4-5-12-27(26)29-17-15-25(37-24-10-8-9-23(34)20-24)21-31(29)36(30(28)19-22)32-13-6-7-18-35-32/h4-21H,1-3H3. The van der Waals surface area contributed by atoms with Gasteiger partial charge in [0.2, 0.25) is 0 Å². The summed E-state index contributed by atoms with van der Waals surface area (Å²) in [6.45, 7) is 6.81. The van der Waals surface area contributed by atoms with Gasteiger partial charge in [-0.1, -0.05) is 103 Å². The number of benzene rings is 4. The molecule has 0 bridgehead atoms. The van der Waals surface area contributed by atoms with Crippen molar-refractivity contribution in [2.45, 2.75) is 36.0 Å². The molecule has 37 heavy (non-hydrogen) atoms. The number of hydrogen-bond donors (Lipinski definition) is 0. The van der Waals surface area contributed by atoms with Crippen LogP contribution in [0.5, 0.6) is 0 Å². The molecule has 1 aromatic heterocycles. The molecule has 0 saturated carbocycles. The summed E-state index contributed by atoms with van der Waals surface area (Å²) in [6.07, 6.45) is 1.88. The maximum Gasteiger partial charge on any atom is 0.137 e. The van der Waals surface area contributed by atoms with Gasteiger partial charge in [-0.25, -0.2) is 4.98 Å². The Morgan fingerprint density at radius 2 is 1.32 bits per heavy atom. The summed E-state index contributed by atoms with van der Waals surface area (Å²) in [6, 6.07) is 37.0. The number of halogens is 1. The molecule has 0 amide bonds. The third-order valence-corrected chi connectivity index (χ3v) is 8.20. The van der Waals surface area contributed by atoms with Crippen molar-refractivity contribution in [3.05, 3.63) is 119 Å². The Kier molecular flexibility index (Phi) is 6.18. The van der Waals surface area contributed by atoms with Crippen LogP contribution in [0.2, 0.25) is 0 Å². The highest BCUT2D eigenvalue weighted by Crippen LogP contribution is 2.52. The number of fused-ring (bicyclic) bond motifs is 5. The van der Waals surface area contributed by atoms with Crippen LogP contribution in [0.25, 0.3) is 22.3 Å². The SMILES string of the molecule is CC(C)(C)c1ccc2c(c1)N(c1ccccn1)c1cc(Sc3cccc(Br)c3)ccc1-c1ccccc1-2. The van der Waals surface area contributed by atoms with E-state index < -0.39 is 0 Å². The summed E-state index contributed by atoms with van der Waals surface area (Å²) in [4.78, 5) is 9.56. The molecule has 6 rings (SSSR count). The van der Waals surface area contributed by atoms with Crippen molar-refractivity contribution < 1.29 is 0 Å². The van der Waals surface area contributed by atoms with E-state index in [0.717, 1.165) is 21.7 Å². The zero-order chi connectivity index (χ0) is 25.6. The van der Waals surface area contributed by atoms with Gasteiger partial charge in [-0.2, -0.15) is 0 Å². The maximum atomic E-state index is 4.83. The zero-order valence-electron chi connectivity index (χ0n) is 21.1. The molecule has 2 heterocycles. The fourth-order valence-corrected chi connectivity index (χ4v) is 6.34. The van der Waals surface area contributed by atoms with E-state index in [9.17, 15) is 0 Å². The van der Waals surface area contributed by atoms with Crippen LogP contribution in [-0.4, -0.2) is 4.98 Å². The molecule has 1 aliphatic rings. The van der Waals surface area contributed by atoms with Crippen molar-refractivity contribution in [2.75, 3.05) is 4.90 Å². The molecule has 5 aromatic rings. The van der Waals surface area contributed by atoms with E-state index in [2.05, 4.69) is 139 Å².